The second-order valence-electron chi connectivity index (χ2n) is 6.39. The van der Waals surface area contributed by atoms with E-state index in [2.05, 4.69) is 16.5 Å². The number of carbonyl (C=O) groups excluding carboxylic acids is 1. The Morgan fingerprint density at radius 3 is 2.56 bits per heavy atom. The van der Waals surface area contributed by atoms with Gasteiger partial charge in [0.05, 0.1) is 11.3 Å². The molecule has 1 aromatic carbocycles. The first-order valence-corrected chi connectivity index (χ1v) is 8.29. The molecule has 0 unspecified atom stereocenters. The summed E-state index contributed by atoms with van der Waals surface area (Å²) in [6, 6.07) is 4.88. The fraction of sp³-hybridized carbons (Fsp3) is 0.211. The van der Waals surface area contributed by atoms with E-state index in [1.807, 2.05) is 6.20 Å². The lowest BCUT2D eigenvalue weighted by molar-refractivity contribution is -0.137. The van der Waals surface area contributed by atoms with Crippen LogP contribution in [0.2, 0.25) is 0 Å². The maximum absolute atomic E-state index is 12.8. The van der Waals surface area contributed by atoms with Crippen LogP contribution in [0.15, 0.2) is 55.5 Å². The molecule has 1 amide bonds. The van der Waals surface area contributed by atoms with Gasteiger partial charge >= 0.3 is 6.18 Å². The molecule has 0 N–H and O–H groups in total. The third kappa shape index (κ3) is 3.07. The molecule has 1 aliphatic rings. The zero-order valence-electron chi connectivity index (χ0n) is 14.1. The number of rotatable bonds is 3. The van der Waals surface area contributed by atoms with Crippen LogP contribution < -0.4 is 0 Å². The second-order valence-corrected chi connectivity index (χ2v) is 6.39. The van der Waals surface area contributed by atoms with Gasteiger partial charge in [0.15, 0.2) is 5.65 Å². The molecule has 0 spiro atoms. The fourth-order valence-corrected chi connectivity index (χ4v) is 3.13. The van der Waals surface area contributed by atoms with E-state index >= 15 is 0 Å². The number of benzene rings is 1. The summed E-state index contributed by atoms with van der Waals surface area (Å²) in [7, 11) is 0. The topological polar surface area (TPSA) is 50.5 Å². The number of fused-ring (bicyclic) bond motifs is 1. The lowest BCUT2D eigenvalue weighted by atomic mass is 9.96. The number of hydrogen-bond donors (Lipinski definition) is 0. The largest absolute Gasteiger partial charge is 0.416 e. The van der Waals surface area contributed by atoms with Crippen LogP contribution in [-0.2, 0) is 11.0 Å². The van der Waals surface area contributed by atoms with Crippen molar-refractivity contribution in [1.82, 2.24) is 19.3 Å². The summed E-state index contributed by atoms with van der Waals surface area (Å²) in [6.07, 6.45) is 2.11. The van der Waals surface area contributed by atoms with E-state index in [4.69, 9.17) is 0 Å². The maximum Gasteiger partial charge on any atom is 0.416 e. The quantitative estimate of drug-likeness (QED) is 0.661. The van der Waals surface area contributed by atoms with Crippen molar-refractivity contribution in [3.8, 4) is 11.3 Å². The van der Waals surface area contributed by atoms with Crippen LogP contribution in [0.4, 0.5) is 13.2 Å². The van der Waals surface area contributed by atoms with Crippen LogP contribution in [0.5, 0.6) is 0 Å². The fourth-order valence-electron chi connectivity index (χ4n) is 3.13. The average molecular weight is 372 g/mol. The normalized spacial score (nSPS) is 15.0. The number of carbonyl (C=O) groups is 1. The van der Waals surface area contributed by atoms with E-state index in [1.165, 1.54) is 18.2 Å². The third-order valence-electron chi connectivity index (χ3n) is 4.66. The first-order valence-electron chi connectivity index (χ1n) is 8.29. The summed E-state index contributed by atoms with van der Waals surface area (Å²) in [5.74, 6) is -0.0631. The van der Waals surface area contributed by atoms with Gasteiger partial charge in [-0.2, -0.15) is 13.2 Å². The molecule has 0 aliphatic carbocycles. The van der Waals surface area contributed by atoms with Crippen molar-refractivity contribution in [2.45, 2.75) is 12.1 Å². The minimum absolute atomic E-state index is 0.0638. The van der Waals surface area contributed by atoms with Crippen molar-refractivity contribution >= 4 is 11.6 Å². The summed E-state index contributed by atoms with van der Waals surface area (Å²) < 4.78 is 40.2. The molecular weight excluding hydrogens is 357 g/mol. The summed E-state index contributed by atoms with van der Waals surface area (Å²) in [6.45, 7) is 4.54. The van der Waals surface area contributed by atoms with Crippen molar-refractivity contribution in [3.63, 3.8) is 0 Å². The summed E-state index contributed by atoms with van der Waals surface area (Å²) >= 11 is 0. The molecule has 8 heteroatoms. The van der Waals surface area contributed by atoms with Crippen LogP contribution in [-0.4, -0.2) is 38.3 Å². The molecule has 3 heterocycles. The van der Waals surface area contributed by atoms with Crippen LogP contribution in [0.1, 0.15) is 17.2 Å². The molecule has 2 aromatic heterocycles. The number of imidazole rings is 1. The van der Waals surface area contributed by atoms with Gasteiger partial charge in [-0.15, -0.1) is 0 Å². The van der Waals surface area contributed by atoms with Crippen molar-refractivity contribution in [3.05, 3.63) is 66.8 Å². The number of nitrogens with zero attached hydrogens (tertiary/aromatic N) is 4. The minimum atomic E-state index is -4.39. The summed E-state index contributed by atoms with van der Waals surface area (Å²) in [4.78, 5) is 22.2. The van der Waals surface area contributed by atoms with Crippen LogP contribution in [0.3, 0.4) is 0 Å². The van der Waals surface area contributed by atoms with E-state index in [0.29, 0.717) is 30.0 Å². The molecule has 3 aromatic rings. The Morgan fingerprint density at radius 1 is 1.22 bits per heavy atom. The Morgan fingerprint density at radius 2 is 1.93 bits per heavy atom. The monoisotopic (exact) mass is 372 g/mol. The first kappa shape index (κ1) is 17.3. The number of halogens is 3. The van der Waals surface area contributed by atoms with Gasteiger partial charge in [-0.3, -0.25) is 4.79 Å². The van der Waals surface area contributed by atoms with Gasteiger partial charge in [-0.05, 0) is 18.2 Å². The van der Waals surface area contributed by atoms with Gasteiger partial charge in [-0.1, -0.05) is 18.7 Å². The molecule has 0 radical (unpaired) electrons. The Kier molecular flexibility index (Phi) is 3.98. The molecule has 27 heavy (non-hydrogen) atoms. The molecule has 5 nitrogen and oxygen atoms in total. The van der Waals surface area contributed by atoms with Gasteiger partial charge < -0.3 is 9.30 Å². The SMILES string of the molecule is C=CC(=O)N1CC(c2cn3ccnc3c(-c3ccc(C(F)(F)F)cc3)n2)C1. The maximum atomic E-state index is 12.8. The minimum Gasteiger partial charge on any atom is -0.338 e. The molecule has 0 atom stereocenters. The zero-order chi connectivity index (χ0) is 19.2. The standard InChI is InChI=1S/C19H15F3N4O/c1-2-16(27)26-9-13(10-26)15-11-25-8-7-23-18(25)17(24-15)12-3-5-14(6-4-12)19(20,21)22/h2-8,11,13H,1,9-10H2. The van der Waals surface area contributed by atoms with Crippen molar-refractivity contribution < 1.29 is 18.0 Å². The Labute approximate surface area is 152 Å². The molecular formula is C19H15F3N4O. The Hall–Kier alpha value is -3.16. The molecule has 1 fully saturated rings. The van der Waals surface area contributed by atoms with E-state index in [0.717, 1.165) is 17.8 Å². The first-order chi connectivity index (χ1) is 12.9. The highest BCUT2D eigenvalue weighted by Gasteiger charge is 2.33. The molecule has 138 valence electrons. The van der Waals surface area contributed by atoms with E-state index < -0.39 is 11.7 Å². The molecule has 0 saturated carbocycles. The van der Waals surface area contributed by atoms with E-state index in [9.17, 15) is 18.0 Å². The van der Waals surface area contributed by atoms with Crippen molar-refractivity contribution in [2.24, 2.45) is 0 Å². The smallest absolute Gasteiger partial charge is 0.338 e. The average Bonchev–Trinajstić information content (AvgIpc) is 3.07. The highest BCUT2D eigenvalue weighted by Crippen LogP contribution is 2.33. The Bertz CT molecular complexity index is 1020. The van der Waals surface area contributed by atoms with Crippen LogP contribution in [0, 0.1) is 0 Å². The molecule has 0 bridgehead atoms. The van der Waals surface area contributed by atoms with E-state index in [-0.39, 0.29) is 11.8 Å². The highest BCUT2D eigenvalue weighted by molar-refractivity contribution is 5.87. The number of alkyl halides is 3. The second kappa shape index (κ2) is 6.22. The number of amides is 1. The predicted octanol–water partition coefficient (Wildman–Crippen LogP) is 3.53. The van der Waals surface area contributed by atoms with Gasteiger partial charge in [0.2, 0.25) is 5.91 Å². The van der Waals surface area contributed by atoms with Crippen LogP contribution in [0.25, 0.3) is 16.9 Å². The van der Waals surface area contributed by atoms with E-state index in [1.54, 1.807) is 21.7 Å². The highest BCUT2D eigenvalue weighted by atomic mass is 19.4. The Balaban J connectivity index is 1.70. The van der Waals surface area contributed by atoms with Gasteiger partial charge in [-0.25, -0.2) is 9.97 Å². The lowest BCUT2D eigenvalue weighted by Gasteiger charge is -2.38. The number of hydrogen-bond acceptors (Lipinski definition) is 3. The molecule has 1 aliphatic heterocycles. The molecule has 4 rings (SSSR count). The zero-order valence-corrected chi connectivity index (χ0v) is 14.1. The third-order valence-corrected chi connectivity index (χ3v) is 4.66. The summed E-state index contributed by atoms with van der Waals surface area (Å²) in [5.41, 5.74) is 1.69. The number of likely N-dealkylation sites (tertiary alicyclic amines) is 1. The molecule has 1 saturated heterocycles. The van der Waals surface area contributed by atoms with Crippen LogP contribution >= 0.6 is 0 Å². The summed E-state index contributed by atoms with van der Waals surface area (Å²) in [5, 5.41) is 0. The van der Waals surface area contributed by atoms with Gasteiger partial charge in [0.25, 0.3) is 0 Å². The lowest BCUT2D eigenvalue weighted by Crippen LogP contribution is -2.48. The van der Waals surface area contributed by atoms with Gasteiger partial charge in [0, 0.05) is 43.2 Å². The van der Waals surface area contributed by atoms with Gasteiger partial charge in [0.1, 0.15) is 5.69 Å². The van der Waals surface area contributed by atoms with Crippen molar-refractivity contribution in [1.29, 1.82) is 0 Å². The predicted molar refractivity (Wildman–Crippen MR) is 92.9 cm³/mol. The van der Waals surface area contributed by atoms with Crippen molar-refractivity contribution in [2.75, 3.05) is 13.1 Å². The number of aromatic nitrogens is 3.